The molecule has 0 unspecified atom stereocenters. The third-order valence-corrected chi connectivity index (χ3v) is 5.19. The van der Waals surface area contributed by atoms with Crippen molar-refractivity contribution in [3.05, 3.63) is 60.4 Å². The lowest BCUT2D eigenvalue weighted by atomic mass is 10.1. The highest BCUT2D eigenvalue weighted by Gasteiger charge is 2.35. The molecule has 0 bridgehead atoms. The highest BCUT2D eigenvalue weighted by atomic mass is 32.2. The number of nitrogens with zero attached hydrogens (tertiary/aromatic N) is 3. The fourth-order valence-electron chi connectivity index (χ4n) is 2.47. The number of hydrogen-bond acceptors (Lipinski definition) is 5. The number of nitrogens with one attached hydrogen (secondary N) is 1. The van der Waals surface area contributed by atoms with Crippen LogP contribution >= 0.6 is 0 Å². The summed E-state index contributed by atoms with van der Waals surface area (Å²) in [5.41, 5.74) is -1.71. The largest absolute Gasteiger partial charge is 0.494 e. The van der Waals surface area contributed by atoms with Crippen molar-refractivity contribution in [1.82, 2.24) is 15.0 Å². The van der Waals surface area contributed by atoms with Gasteiger partial charge in [0, 0.05) is 0 Å². The van der Waals surface area contributed by atoms with Crippen molar-refractivity contribution in [2.45, 2.75) is 24.4 Å². The van der Waals surface area contributed by atoms with Gasteiger partial charge in [-0.05, 0) is 48.9 Å². The van der Waals surface area contributed by atoms with Crippen LogP contribution in [0.2, 0.25) is 0 Å². The minimum atomic E-state index is -4.79. The highest BCUT2D eigenvalue weighted by molar-refractivity contribution is 7.92. The molecule has 0 aliphatic heterocycles. The highest BCUT2D eigenvalue weighted by Crippen LogP contribution is 2.37. The molecule has 3 aromatic rings. The van der Waals surface area contributed by atoms with Crippen molar-refractivity contribution in [2.75, 3.05) is 11.3 Å². The van der Waals surface area contributed by atoms with Crippen LogP contribution in [0.5, 0.6) is 5.75 Å². The molecule has 1 aromatic heterocycles. The quantitative estimate of drug-likeness (QED) is 0.620. The predicted octanol–water partition coefficient (Wildman–Crippen LogP) is 3.88. The van der Waals surface area contributed by atoms with Gasteiger partial charge < -0.3 is 4.74 Å². The Kier molecular flexibility index (Phi) is 5.78. The molecular formula is C18H17F3N4O3S. The van der Waals surface area contributed by atoms with Gasteiger partial charge in [-0.1, -0.05) is 6.92 Å². The molecule has 29 heavy (non-hydrogen) atoms. The maximum absolute atomic E-state index is 13.5. The Morgan fingerprint density at radius 3 is 2.31 bits per heavy atom. The van der Waals surface area contributed by atoms with Crippen LogP contribution in [0.1, 0.15) is 18.9 Å². The van der Waals surface area contributed by atoms with Gasteiger partial charge in [-0.2, -0.15) is 28.2 Å². The number of ether oxygens (including phenoxy) is 1. The first-order valence-electron chi connectivity index (χ1n) is 8.54. The zero-order valence-corrected chi connectivity index (χ0v) is 16.0. The molecule has 0 radical (unpaired) electrons. The number of alkyl halides is 3. The van der Waals surface area contributed by atoms with E-state index < -0.39 is 27.5 Å². The number of anilines is 1. The minimum Gasteiger partial charge on any atom is -0.494 e. The van der Waals surface area contributed by atoms with Gasteiger partial charge in [0.05, 0.1) is 40.8 Å². The molecule has 3 rings (SSSR count). The van der Waals surface area contributed by atoms with Gasteiger partial charge in [-0.15, -0.1) is 0 Å². The Labute approximate surface area is 165 Å². The molecule has 0 spiro atoms. The third kappa shape index (κ3) is 4.86. The second-order valence-corrected chi connectivity index (χ2v) is 7.65. The molecule has 1 heterocycles. The van der Waals surface area contributed by atoms with E-state index in [1.165, 1.54) is 42.7 Å². The Morgan fingerprint density at radius 2 is 1.72 bits per heavy atom. The van der Waals surface area contributed by atoms with Crippen LogP contribution in [-0.4, -0.2) is 30.0 Å². The number of hydrogen-bond donors (Lipinski definition) is 1. The van der Waals surface area contributed by atoms with Crippen LogP contribution in [0.4, 0.5) is 18.9 Å². The number of sulfonamides is 1. The summed E-state index contributed by atoms with van der Waals surface area (Å²) >= 11 is 0. The monoisotopic (exact) mass is 426 g/mol. The summed E-state index contributed by atoms with van der Waals surface area (Å²) in [5.74, 6) is 0.470. The van der Waals surface area contributed by atoms with Gasteiger partial charge in [-0.25, -0.2) is 8.42 Å². The van der Waals surface area contributed by atoms with E-state index in [4.69, 9.17) is 4.74 Å². The van der Waals surface area contributed by atoms with Crippen molar-refractivity contribution >= 4 is 15.7 Å². The summed E-state index contributed by atoms with van der Waals surface area (Å²) in [7, 11) is -4.24. The van der Waals surface area contributed by atoms with E-state index in [0.717, 1.165) is 23.4 Å². The standard InChI is InChI=1S/C18H17F3N4O3S/c1-2-11-28-14-4-6-15(7-5-14)29(26,27)24-17-8-3-13(25-22-9-10-23-25)12-16(17)18(19,20)21/h3-10,12,24H,2,11H2,1H3. The second-order valence-electron chi connectivity index (χ2n) is 5.97. The Hall–Kier alpha value is -3.08. The van der Waals surface area contributed by atoms with Crippen LogP contribution in [0.15, 0.2) is 59.8 Å². The minimum absolute atomic E-state index is 0.0442. The number of benzene rings is 2. The normalized spacial score (nSPS) is 12.0. The molecule has 0 saturated carbocycles. The van der Waals surface area contributed by atoms with Gasteiger partial charge in [0.25, 0.3) is 10.0 Å². The zero-order valence-electron chi connectivity index (χ0n) is 15.2. The summed E-state index contributed by atoms with van der Waals surface area (Å²) in [6.45, 7) is 2.39. The van der Waals surface area contributed by atoms with E-state index in [1.807, 2.05) is 11.6 Å². The SMILES string of the molecule is CCCOc1ccc(S(=O)(=O)Nc2ccc(-n3nccn3)cc2C(F)(F)F)cc1. The van der Waals surface area contributed by atoms with Crippen LogP contribution < -0.4 is 9.46 Å². The van der Waals surface area contributed by atoms with Gasteiger partial charge in [0.1, 0.15) is 5.75 Å². The third-order valence-electron chi connectivity index (χ3n) is 3.81. The van der Waals surface area contributed by atoms with Crippen molar-refractivity contribution < 1.29 is 26.3 Å². The first-order chi connectivity index (χ1) is 13.7. The second kappa shape index (κ2) is 8.11. The number of aromatic nitrogens is 3. The van der Waals surface area contributed by atoms with E-state index in [9.17, 15) is 21.6 Å². The van der Waals surface area contributed by atoms with Crippen molar-refractivity contribution in [1.29, 1.82) is 0 Å². The molecule has 0 amide bonds. The van der Waals surface area contributed by atoms with E-state index in [0.29, 0.717) is 12.4 Å². The first kappa shape index (κ1) is 20.6. The molecule has 0 aliphatic rings. The van der Waals surface area contributed by atoms with Crippen LogP contribution in [0, 0.1) is 0 Å². The van der Waals surface area contributed by atoms with Gasteiger partial charge >= 0.3 is 6.18 Å². The summed E-state index contributed by atoms with van der Waals surface area (Å²) in [6.07, 6.45) is -1.37. The Bertz CT molecular complexity index is 1070. The van der Waals surface area contributed by atoms with E-state index >= 15 is 0 Å². The molecule has 0 saturated heterocycles. The van der Waals surface area contributed by atoms with Gasteiger partial charge in [0.2, 0.25) is 0 Å². The lowest BCUT2D eigenvalue weighted by molar-refractivity contribution is -0.136. The lowest BCUT2D eigenvalue weighted by Gasteiger charge is -2.16. The molecule has 2 aromatic carbocycles. The maximum atomic E-state index is 13.5. The fourth-order valence-corrected chi connectivity index (χ4v) is 3.55. The number of rotatable bonds is 7. The smallest absolute Gasteiger partial charge is 0.418 e. The molecule has 0 fully saturated rings. The predicted molar refractivity (Wildman–Crippen MR) is 99.4 cm³/mol. The van der Waals surface area contributed by atoms with Crippen LogP contribution in [-0.2, 0) is 16.2 Å². The van der Waals surface area contributed by atoms with E-state index in [1.54, 1.807) is 0 Å². The molecule has 11 heteroatoms. The van der Waals surface area contributed by atoms with E-state index in [-0.39, 0.29) is 10.6 Å². The van der Waals surface area contributed by atoms with Gasteiger partial charge in [0.15, 0.2) is 0 Å². The molecule has 154 valence electrons. The summed E-state index contributed by atoms with van der Waals surface area (Å²) in [5, 5.41) is 7.56. The van der Waals surface area contributed by atoms with Gasteiger partial charge in [-0.3, -0.25) is 4.72 Å². The summed E-state index contributed by atoms with van der Waals surface area (Å²) in [6, 6.07) is 8.51. The van der Waals surface area contributed by atoms with Crippen molar-refractivity contribution in [2.24, 2.45) is 0 Å². The molecule has 0 aliphatic carbocycles. The summed E-state index contributed by atoms with van der Waals surface area (Å²) < 4.78 is 73.1. The average Bonchev–Trinajstić information content (AvgIpc) is 3.20. The molecule has 1 N–H and O–H groups in total. The fraction of sp³-hybridized carbons (Fsp3) is 0.222. The zero-order chi connectivity index (χ0) is 21.1. The average molecular weight is 426 g/mol. The van der Waals surface area contributed by atoms with Crippen molar-refractivity contribution in [3.8, 4) is 11.4 Å². The number of halogens is 3. The van der Waals surface area contributed by atoms with E-state index in [2.05, 4.69) is 10.2 Å². The van der Waals surface area contributed by atoms with Crippen molar-refractivity contribution in [3.63, 3.8) is 0 Å². The summed E-state index contributed by atoms with van der Waals surface area (Å²) in [4.78, 5) is 0.815. The molecule has 0 atom stereocenters. The molecular weight excluding hydrogens is 409 g/mol. The molecule has 7 nitrogen and oxygen atoms in total. The van der Waals surface area contributed by atoms with Crippen LogP contribution in [0.3, 0.4) is 0 Å². The Morgan fingerprint density at radius 1 is 1.07 bits per heavy atom. The van der Waals surface area contributed by atoms with Crippen LogP contribution in [0.25, 0.3) is 5.69 Å². The lowest BCUT2D eigenvalue weighted by Crippen LogP contribution is -2.18. The maximum Gasteiger partial charge on any atom is 0.418 e. The Balaban J connectivity index is 1.91. The topological polar surface area (TPSA) is 86.1 Å². The first-order valence-corrected chi connectivity index (χ1v) is 10.0.